The van der Waals surface area contributed by atoms with Crippen LogP contribution in [0.2, 0.25) is 0 Å². The van der Waals surface area contributed by atoms with Crippen molar-refractivity contribution >= 4 is 5.91 Å². The molecule has 0 aromatic carbocycles. The van der Waals surface area contributed by atoms with Crippen LogP contribution in [0.5, 0.6) is 0 Å². The van der Waals surface area contributed by atoms with Crippen molar-refractivity contribution in [3.63, 3.8) is 0 Å². The highest BCUT2D eigenvalue weighted by Crippen LogP contribution is 2.18. The highest BCUT2D eigenvalue weighted by atomic mass is 16.3. The van der Waals surface area contributed by atoms with Crippen LogP contribution in [-0.2, 0) is 4.79 Å². The number of rotatable bonds is 7. The first kappa shape index (κ1) is 15.4. The van der Waals surface area contributed by atoms with Gasteiger partial charge in [-0.3, -0.25) is 4.79 Å². The molecule has 0 aliphatic rings. The lowest BCUT2D eigenvalue weighted by Crippen LogP contribution is -2.47. The lowest BCUT2D eigenvalue weighted by molar-refractivity contribution is -0.123. The van der Waals surface area contributed by atoms with E-state index < -0.39 is 6.04 Å². The van der Waals surface area contributed by atoms with Gasteiger partial charge in [-0.05, 0) is 17.8 Å². The number of nitrogens with one attached hydrogen (secondary N) is 1. The van der Waals surface area contributed by atoms with Crippen LogP contribution in [0.25, 0.3) is 0 Å². The van der Waals surface area contributed by atoms with E-state index >= 15 is 0 Å². The Kier molecular flexibility index (Phi) is 6.60. The third-order valence-electron chi connectivity index (χ3n) is 3.09. The van der Waals surface area contributed by atoms with Crippen molar-refractivity contribution in [2.45, 2.75) is 46.6 Å². The van der Waals surface area contributed by atoms with Crippen molar-refractivity contribution in [2.24, 2.45) is 17.1 Å². The van der Waals surface area contributed by atoms with Crippen LogP contribution in [0.3, 0.4) is 0 Å². The molecule has 0 radical (unpaired) electrons. The van der Waals surface area contributed by atoms with Crippen LogP contribution in [0.15, 0.2) is 0 Å². The second-order valence-corrected chi connectivity index (χ2v) is 5.27. The summed E-state index contributed by atoms with van der Waals surface area (Å²) in [5.74, 6) is 0.0984. The zero-order valence-corrected chi connectivity index (χ0v) is 10.9. The zero-order valence-electron chi connectivity index (χ0n) is 10.9. The van der Waals surface area contributed by atoms with E-state index in [-0.39, 0.29) is 23.8 Å². The van der Waals surface area contributed by atoms with Crippen LogP contribution in [0.4, 0.5) is 0 Å². The lowest BCUT2D eigenvalue weighted by atomic mass is 9.89. The molecule has 0 aliphatic carbocycles. The summed E-state index contributed by atoms with van der Waals surface area (Å²) < 4.78 is 0. The van der Waals surface area contributed by atoms with E-state index in [0.29, 0.717) is 13.0 Å². The number of aliphatic hydroxyl groups is 1. The van der Waals surface area contributed by atoms with Gasteiger partial charge in [-0.2, -0.15) is 0 Å². The molecular weight excluding hydrogens is 204 g/mol. The van der Waals surface area contributed by atoms with E-state index in [0.717, 1.165) is 6.42 Å². The average molecular weight is 230 g/mol. The second-order valence-electron chi connectivity index (χ2n) is 5.27. The van der Waals surface area contributed by atoms with E-state index in [4.69, 9.17) is 10.8 Å². The fourth-order valence-electron chi connectivity index (χ4n) is 1.35. The first-order valence-corrected chi connectivity index (χ1v) is 5.98. The predicted octanol–water partition coefficient (Wildman–Crippen LogP) is 0.885. The third-order valence-corrected chi connectivity index (χ3v) is 3.09. The number of hydrogen-bond acceptors (Lipinski definition) is 3. The van der Waals surface area contributed by atoms with Crippen LogP contribution >= 0.6 is 0 Å². The minimum atomic E-state index is -0.435. The van der Waals surface area contributed by atoms with Gasteiger partial charge in [0.05, 0.1) is 6.04 Å². The molecule has 16 heavy (non-hydrogen) atoms. The maximum Gasteiger partial charge on any atom is 0.237 e. The van der Waals surface area contributed by atoms with E-state index in [1.165, 1.54) is 0 Å². The number of carbonyl (C=O) groups is 1. The number of carbonyl (C=O) groups excluding carboxylic acids is 1. The molecule has 4 nitrogen and oxygen atoms in total. The quantitative estimate of drug-likeness (QED) is 0.608. The predicted molar refractivity (Wildman–Crippen MR) is 65.9 cm³/mol. The molecule has 96 valence electrons. The van der Waals surface area contributed by atoms with Crippen LogP contribution in [0, 0.1) is 11.3 Å². The Bertz CT molecular complexity index is 217. The van der Waals surface area contributed by atoms with Crippen molar-refractivity contribution in [3.8, 4) is 0 Å². The van der Waals surface area contributed by atoms with Crippen LogP contribution in [-0.4, -0.2) is 30.2 Å². The Morgan fingerprint density at radius 1 is 1.50 bits per heavy atom. The highest BCUT2D eigenvalue weighted by Gasteiger charge is 2.22. The van der Waals surface area contributed by atoms with Crippen LogP contribution < -0.4 is 11.1 Å². The van der Waals surface area contributed by atoms with Gasteiger partial charge in [0, 0.05) is 13.2 Å². The zero-order chi connectivity index (χ0) is 12.8. The van der Waals surface area contributed by atoms with Gasteiger partial charge in [0.25, 0.3) is 0 Å². The van der Waals surface area contributed by atoms with Gasteiger partial charge < -0.3 is 16.2 Å². The smallest absolute Gasteiger partial charge is 0.237 e. The Morgan fingerprint density at radius 2 is 2.06 bits per heavy atom. The van der Waals surface area contributed by atoms with Gasteiger partial charge in [0.15, 0.2) is 0 Å². The molecule has 0 saturated carbocycles. The van der Waals surface area contributed by atoms with Crippen molar-refractivity contribution in [1.82, 2.24) is 5.32 Å². The summed E-state index contributed by atoms with van der Waals surface area (Å²) in [5.41, 5.74) is 5.73. The molecule has 0 saturated heterocycles. The first-order valence-electron chi connectivity index (χ1n) is 5.98. The summed E-state index contributed by atoms with van der Waals surface area (Å²) in [6.45, 7) is 8.71. The Hall–Kier alpha value is -0.610. The summed E-state index contributed by atoms with van der Waals surface area (Å²) in [5, 5.41) is 11.7. The lowest BCUT2D eigenvalue weighted by Gasteiger charge is -2.26. The number of aliphatic hydroxyl groups excluding tert-OH is 1. The van der Waals surface area contributed by atoms with Gasteiger partial charge in [-0.1, -0.05) is 34.1 Å². The molecule has 0 heterocycles. The Morgan fingerprint density at radius 3 is 2.50 bits per heavy atom. The summed E-state index contributed by atoms with van der Waals surface area (Å²) in [7, 11) is 0. The molecule has 0 aromatic rings. The minimum Gasteiger partial charge on any atom is -0.396 e. The SMILES string of the molecule is CCC(C)[C@H](N)C(=O)NCC(C)(C)CCO. The van der Waals surface area contributed by atoms with Crippen LogP contribution in [0.1, 0.15) is 40.5 Å². The van der Waals surface area contributed by atoms with E-state index in [1.54, 1.807) is 0 Å². The molecule has 0 spiro atoms. The second kappa shape index (κ2) is 6.86. The highest BCUT2D eigenvalue weighted by molar-refractivity contribution is 5.81. The molecule has 0 aromatic heterocycles. The van der Waals surface area contributed by atoms with Crippen molar-refractivity contribution in [3.05, 3.63) is 0 Å². The minimum absolute atomic E-state index is 0.0837. The molecule has 4 heteroatoms. The Balaban J connectivity index is 4.06. The molecule has 4 N–H and O–H groups in total. The van der Waals surface area contributed by atoms with E-state index in [2.05, 4.69) is 5.32 Å². The maximum atomic E-state index is 11.7. The summed E-state index contributed by atoms with van der Waals surface area (Å²) in [6, 6.07) is -0.435. The molecule has 1 amide bonds. The van der Waals surface area contributed by atoms with Gasteiger partial charge in [0.1, 0.15) is 0 Å². The molecule has 2 atom stereocenters. The van der Waals surface area contributed by atoms with Gasteiger partial charge >= 0.3 is 0 Å². The standard InChI is InChI=1S/C12H26N2O2/c1-5-9(2)10(13)11(16)14-8-12(3,4)6-7-15/h9-10,15H,5-8,13H2,1-4H3,(H,14,16)/t9?,10-/m0/s1. The third kappa shape index (κ3) is 5.47. The largest absolute Gasteiger partial charge is 0.396 e. The van der Waals surface area contributed by atoms with Crippen molar-refractivity contribution < 1.29 is 9.90 Å². The monoisotopic (exact) mass is 230 g/mol. The topological polar surface area (TPSA) is 75.4 Å². The first-order chi connectivity index (χ1) is 7.34. The normalized spacial score (nSPS) is 15.6. The molecule has 1 unspecified atom stereocenters. The summed E-state index contributed by atoms with van der Waals surface area (Å²) in [6.07, 6.45) is 1.57. The number of nitrogens with two attached hydrogens (primary N) is 1. The fraction of sp³-hybridized carbons (Fsp3) is 0.917. The molecule has 0 fully saturated rings. The van der Waals surface area contributed by atoms with Gasteiger partial charge in [-0.25, -0.2) is 0 Å². The molecule has 0 aliphatic heterocycles. The molecular formula is C12H26N2O2. The summed E-state index contributed by atoms with van der Waals surface area (Å²) >= 11 is 0. The van der Waals surface area contributed by atoms with Crippen molar-refractivity contribution in [2.75, 3.05) is 13.2 Å². The average Bonchev–Trinajstić information content (AvgIpc) is 2.23. The summed E-state index contributed by atoms with van der Waals surface area (Å²) in [4.78, 5) is 11.7. The van der Waals surface area contributed by atoms with Gasteiger partial charge in [-0.15, -0.1) is 0 Å². The van der Waals surface area contributed by atoms with Gasteiger partial charge in [0.2, 0.25) is 5.91 Å². The molecule has 0 rings (SSSR count). The van der Waals surface area contributed by atoms with E-state index in [9.17, 15) is 4.79 Å². The number of amides is 1. The Labute approximate surface area is 98.6 Å². The van der Waals surface area contributed by atoms with E-state index in [1.807, 2.05) is 27.7 Å². The van der Waals surface area contributed by atoms with Crippen molar-refractivity contribution in [1.29, 1.82) is 0 Å². The molecule has 0 bridgehead atoms. The fourth-order valence-corrected chi connectivity index (χ4v) is 1.35. The maximum absolute atomic E-state index is 11.7. The number of hydrogen-bond donors (Lipinski definition) is 3.